The van der Waals surface area contributed by atoms with Crippen LogP contribution >= 0.6 is 0 Å². The SMILES string of the molecule is COc1ccc(CC(C)(O)C(C)(C)CN)cc1. The standard InChI is InChI=1S/C14H23NO2/c1-13(2,10-15)14(3,16)9-11-5-7-12(17-4)8-6-11/h5-8,16H,9-10,15H2,1-4H3. The van der Waals surface area contributed by atoms with Crippen LogP contribution in [0.3, 0.4) is 0 Å². The number of rotatable bonds is 5. The lowest BCUT2D eigenvalue weighted by Crippen LogP contribution is -2.48. The number of methoxy groups -OCH3 is 1. The zero-order chi connectivity index (χ0) is 13.1. The maximum absolute atomic E-state index is 10.5. The molecule has 0 aliphatic rings. The lowest BCUT2D eigenvalue weighted by Gasteiger charge is -2.39. The average Bonchev–Trinajstić information content (AvgIpc) is 2.29. The highest BCUT2D eigenvalue weighted by Crippen LogP contribution is 2.32. The van der Waals surface area contributed by atoms with Gasteiger partial charge in [-0.2, -0.15) is 0 Å². The molecule has 1 unspecified atom stereocenters. The fourth-order valence-electron chi connectivity index (χ4n) is 1.60. The Kier molecular flexibility index (Phi) is 4.17. The molecule has 1 rings (SSSR count). The van der Waals surface area contributed by atoms with Crippen LogP contribution < -0.4 is 10.5 Å². The van der Waals surface area contributed by atoms with Gasteiger partial charge in [0.25, 0.3) is 0 Å². The molecule has 0 fully saturated rings. The molecular weight excluding hydrogens is 214 g/mol. The summed E-state index contributed by atoms with van der Waals surface area (Å²) in [5.41, 5.74) is 5.66. The third-order valence-electron chi connectivity index (χ3n) is 3.68. The minimum absolute atomic E-state index is 0.313. The van der Waals surface area contributed by atoms with E-state index in [1.807, 2.05) is 45.0 Å². The molecule has 0 aliphatic carbocycles. The van der Waals surface area contributed by atoms with Crippen molar-refractivity contribution < 1.29 is 9.84 Å². The predicted molar refractivity (Wildman–Crippen MR) is 70.2 cm³/mol. The summed E-state index contributed by atoms with van der Waals surface area (Å²) in [5, 5.41) is 10.5. The fraction of sp³-hybridized carbons (Fsp3) is 0.571. The molecule has 3 heteroatoms. The van der Waals surface area contributed by atoms with E-state index in [1.165, 1.54) is 0 Å². The predicted octanol–water partition coefficient (Wildman–Crippen LogP) is 1.97. The molecule has 0 heterocycles. The largest absolute Gasteiger partial charge is 0.497 e. The van der Waals surface area contributed by atoms with E-state index in [1.54, 1.807) is 7.11 Å². The molecule has 1 aromatic carbocycles. The molecule has 0 aliphatic heterocycles. The van der Waals surface area contributed by atoms with Crippen LogP contribution in [0.15, 0.2) is 24.3 Å². The van der Waals surface area contributed by atoms with Gasteiger partial charge in [0.2, 0.25) is 0 Å². The number of ether oxygens (including phenoxy) is 1. The second-order valence-electron chi connectivity index (χ2n) is 5.39. The maximum atomic E-state index is 10.5. The lowest BCUT2D eigenvalue weighted by atomic mass is 9.73. The number of aliphatic hydroxyl groups is 1. The van der Waals surface area contributed by atoms with Crippen molar-refractivity contribution in [3.05, 3.63) is 29.8 Å². The summed E-state index contributed by atoms with van der Waals surface area (Å²) < 4.78 is 5.11. The Morgan fingerprint density at radius 3 is 2.12 bits per heavy atom. The second kappa shape index (κ2) is 5.07. The topological polar surface area (TPSA) is 55.5 Å². The molecule has 0 bridgehead atoms. The summed E-state index contributed by atoms with van der Waals surface area (Å²) >= 11 is 0. The van der Waals surface area contributed by atoms with Crippen LogP contribution in [0.1, 0.15) is 26.3 Å². The van der Waals surface area contributed by atoms with E-state index in [4.69, 9.17) is 10.5 Å². The molecule has 0 saturated carbocycles. The molecule has 1 atom stereocenters. The summed E-state index contributed by atoms with van der Waals surface area (Å²) in [7, 11) is 1.64. The molecule has 0 saturated heterocycles. The Hall–Kier alpha value is -1.06. The Balaban J connectivity index is 2.82. The normalized spacial score (nSPS) is 15.4. The van der Waals surface area contributed by atoms with Crippen molar-refractivity contribution in [2.45, 2.75) is 32.8 Å². The summed E-state index contributed by atoms with van der Waals surface area (Å²) in [6.45, 7) is 6.26. The third kappa shape index (κ3) is 3.20. The van der Waals surface area contributed by atoms with Gasteiger partial charge >= 0.3 is 0 Å². The summed E-state index contributed by atoms with van der Waals surface area (Å²) in [5.74, 6) is 0.825. The smallest absolute Gasteiger partial charge is 0.118 e. The molecule has 3 nitrogen and oxygen atoms in total. The van der Waals surface area contributed by atoms with E-state index in [0.717, 1.165) is 11.3 Å². The van der Waals surface area contributed by atoms with Crippen LogP contribution in [0.2, 0.25) is 0 Å². The molecular formula is C14H23NO2. The van der Waals surface area contributed by atoms with E-state index in [-0.39, 0.29) is 5.41 Å². The first kappa shape index (κ1) is 14.0. The Morgan fingerprint density at radius 1 is 1.18 bits per heavy atom. The van der Waals surface area contributed by atoms with Crippen molar-refractivity contribution in [2.75, 3.05) is 13.7 Å². The van der Waals surface area contributed by atoms with Gasteiger partial charge in [-0.25, -0.2) is 0 Å². The lowest BCUT2D eigenvalue weighted by molar-refractivity contribution is -0.0456. The minimum atomic E-state index is -0.823. The first-order valence-electron chi connectivity index (χ1n) is 5.88. The van der Waals surface area contributed by atoms with Crippen molar-refractivity contribution in [3.63, 3.8) is 0 Å². The Bertz CT molecular complexity index is 355. The van der Waals surface area contributed by atoms with Crippen LogP contribution in [0.25, 0.3) is 0 Å². The monoisotopic (exact) mass is 237 g/mol. The summed E-state index contributed by atoms with van der Waals surface area (Å²) in [6.07, 6.45) is 0.585. The fourth-order valence-corrected chi connectivity index (χ4v) is 1.60. The highest BCUT2D eigenvalue weighted by molar-refractivity contribution is 5.28. The van der Waals surface area contributed by atoms with Crippen LogP contribution in [0, 0.1) is 5.41 Å². The van der Waals surface area contributed by atoms with Gasteiger partial charge in [0.1, 0.15) is 5.75 Å². The molecule has 3 N–H and O–H groups in total. The van der Waals surface area contributed by atoms with Crippen molar-refractivity contribution >= 4 is 0 Å². The van der Waals surface area contributed by atoms with Gasteiger partial charge in [-0.1, -0.05) is 26.0 Å². The van der Waals surface area contributed by atoms with Gasteiger partial charge in [-0.15, -0.1) is 0 Å². The van der Waals surface area contributed by atoms with Gasteiger partial charge in [0, 0.05) is 18.4 Å². The summed E-state index contributed by atoms with van der Waals surface area (Å²) in [6, 6.07) is 7.75. The van der Waals surface area contributed by atoms with Crippen molar-refractivity contribution in [2.24, 2.45) is 11.1 Å². The third-order valence-corrected chi connectivity index (χ3v) is 3.68. The van der Waals surface area contributed by atoms with Crippen molar-refractivity contribution in [1.82, 2.24) is 0 Å². The second-order valence-corrected chi connectivity index (χ2v) is 5.39. The van der Waals surface area contributed by atoms with Gasteiger partial charge in [-0.05, 0) is 24.6 Å². The number of nitrogens with two attached hydrogens (primary N) is 1. The zero-order valence-electron chi connectivity index (χ0n) is 11.2. The molecule has 0 radical (unpaired) electrons. The van der Waals surface area contributed by atoms with E-state index < -0.39 is 5.60 Å². The highest BCUT2D eigenvalue weighted by Gasteiger charge is 2.38. The van der Waals surface area contributed by atoms with Crippen LogP contribution in [-0.4, -0.2) is 24.4 Å². The van der Waals surface area contributed by atoms with Gasteiger partial charge in [0.05, 0.1) is 12.7 Å². The van der Waals surface area contributed by atoms with E-state index >= 15 is 0 Å². The minimum Gasteiger partial charge on any atom is -0.497 e. The zero-order valence-corrected chi connectivity index (χ0v) is 11.2. The number of hydrogen-bond donors (Lipinski definition) is 2. The van der Waals surface area contributed by atoms with Crippen LogP contribution in [-0.2, 0) is 6.42 Å². The van der Waals surface area contributed by atoms with Crippen LogP contribution in [0.5, 0.6) is 5.75 Å². The molecule has 0 amide bonds. The van der Waals surface area contributed by atoms with Crippen LogP contribution in [0.4, 0.5) is 0 Å². The highest BCUT2D eigenvalue weighted by atomic mass is 16.5. The van der Waals surface area contributed by atoms with Gasteiger partial charge in [-0.3, -0.25) is 0 Å². The first-order valence-corrected chi connectivity index (χ1v) is 5.88. The van der Waals surface area contributed by atoms with E-state index in [0.29, 0.717) is 13.0 Å². The molecule has 1 aromatic rings. The van der Waals surface area contributed by atoms with Gasteiger partial charge in [0.15, 0.2) is 0 Å². The Labute approximate surface area is 104 Å². The van der Waals surface area contributed by atoms with Crippen molar-refractivity contribution in [3.8, 4) is 5.75 Å². The molecule has 0 aromatic heterocycles. The first-order chi connectivity index (χ1) is 7.82. The van der Waals surface area contributed by atoms with Gasteiger partial charge < -0.3 is 15.6 Å². The average molecular weight is 237 g/mol. The quantitative estimate of drug-likeness (QED) is 0.823. The number of hydrogen-bond acceptors (Lipinski definition) is 3. The Morgan fingerprint density at radius 2 is 1.71 bits per heavy atom. The molecule has 17 heavy (non-hydrogen) atoms. The van der Waals surface area contributed by atoms with E-state index in [2.05, 4.69) is 0 Å². The van der Waals surface area contributed by atoms with Crippen molar-refractivity contribution in [1.29, 1.82) is 0 Å². The summed E-state index contributed by atoms with van der Waals surface area (Å²) in [4.78, 5) is 0. The molecule has 0 spiro atoms. The molecule has 96 valence electrons. The maximum Gasteiger partial charge on any atom is 0.118 e. The number of benzene rings is 1. The van der Waals surface area contributed by atoms with E-state index in [9.17, 15) is 5.11 Å².